The second kappa shape index (κ2) is 6.11. The highest BCUT2D eigenvalue weighted by atomic mass is 19.4. The van der Waals surface area contributed by atoms with Crippen molar-refractivity contribution in [3.05, 3.63) is 35.4 Å². The number of hydrogen-bond donors (Lipinski definition) is 2. The van der Waals surface area contributed by atoms with Gasteiger partial charge in [-0.2, -0.15) is 13.2 Å². The average molecular weight is 288 g/mol. The lowest BCUT2D eigenvalue weighted by Crippen LogP contribution is -2.45. The summed E-state index contributed by atoms with van der Waals surface area (Å²) in [5.74, 6) is 5.66. The lowest BCUT2D eigenvalue weighted by Gasteiger charge is -2.26. The molecule has 1 heterocycles. The molecule has 0 spiro atoms. The van der Waals surface area contributed by atoms with Gasteiger partial charge in [0.05, 0.1) is 11.7 Å². The largest absolute Gasteiger partial charge is 0.416 e. The van der Waals surface area contributed by atoms with Crippen LogP contribution in [0.4, 0.5) is 13.2 Å². The third-order valence-corrected chi connectivity index (χ3v) is 3.93. The predicted octanol–water partition coefficient (Wildman–Crippen LogP) is 2.50. The Morgan fingerprint density at radius 2 is 2.10 bits per heavy atom. The van der Waals surface area contributed by atoms with Gasteiger partial charge in [0.25, 0.3) is 0 Å². The Kier molecular flexibility index (Phi) is 4.67. The van der Waals surface area contributed by atoms with Crippen molar-refractivity contribution in [3.8, 4) is 0 Å². The number of hydrazine groups is 1. The topological polar surface area (TPSA) is 47.3 Å². The Hall–Kier alpha value is -1.11. The number of nitrogens with one attached hydrogen (secondary N) is 1. The van der Waals surface area contributed by atoms with Gasteiger partial charge in [0.2, 0.25) is 0 Å². The van der Waals surface area contributed by atoms with Gasteiger partial charge >= 0.3 is 6.18 Å². The van der Waals surface area contributed by atoms with Gasteiger partial charge in [-0.1, -0.05) is 18.2 Å². The highest BCUT2D eigenvalue weighted by molar-refractivity contribution is 5.30. The number of nitrogens with two attached hydrogens (primary N) is 1. The zero-order chi connectivity index (χ0) is 14.8. The summed E-state index contributed by atoms with van der Waals surface area (Å²) in [7, 11) is 0. The molecular formula is C14H19F3N2O. The molecular weight excluding hydrogens is 269 g/mol. The molecule has 3 nitrogen and oxygen atoms in total. The smallest absolute Gasteiger partial charge is 0.378 e. The van der Waals surface area contributed by atoms with E-state index in [1.807, 2.05) is 6.92 Å². The molecule has 0 amide bonds. The van der Waals surface area contributed by atoms with Crippen LogP contribution in [-0.4, -0.2) is 18.8 Å². The van der Waals surface area contributed by atoms with Crippen molar-refractivity contribution in [1.82, 2.24) is 5.43 Å². The van der Waals surface area contributed by atoms with Crippen LogP contribution in [0.2, 0.25) is 0 Å². The maximum absolute atomic E-state index is 13.0. The van der Waals surface area contributed by atoms with Crippen molar-refractivity contribution in [2.24, 2.45) is 11.8 Å². The Labute approximate surface area is 116 Å². The fourth-order valence-corrected chi connectivity index (χ4v) is 2.82. The number of benzene rings is 1. The predicted molar refractivity (Wildman–Crippen MR) is 69.8 cm³/mol. The molecule has 112 valence electrons. The van der Waals surface area contributed by atoms with E-state index in [4.69, 9.17) is 10.6 Å². The lowest BCUT2D eigenvalue weighted by atomic mass is 9.88. The third-order valence-electron chi connectivity index (χ3n) is 3.93. The van der Waals surface area contributed by atoms with Crippen LogP contribution in [0.1, 0.15) is 24.5 Å². The summed E-state index contributed by atoms with van der Waals surface area (Å²) in [6.45, 7) is 2.56. The molecule has 0 saturated carbocycles. The Bertz CT molecular complexity index is 450. The van der Waals surface area contributed by atoms with E-state index in [9.17, 15) is 13.2 Å². The van der Waals surface area contributed by atoms with Crippen molar-refractivity contribution in [2.75, 3.05) is 6.61 Å². The quantitative estimate of drug-likeness (QED) is 0.661. The van der Waals surface area contributed by atoms with Crippen LogP contribution in [0.3, 0.4) is 0 Å². The first-order valence-electron chi connectivity index (χ1n) is 6.66. The molecule has 2 rings (SSSR count). The first kappa shape index (κ1) is 15.3. The molecule has 3 unspecified atom stereocenters. The second-order valence-electron chi connectivity index (χ2n) is 5.16. The normalized spacial score (nSPS) is 24.9. The highest BCUT2D eigenvalue weighted by Gasteiger charge is 2.36. The summed E-state index contributed by atoms with van der Waals surface area (Å²) in [6, 6.07) is 5.41. The van der Waals surface area contributed by atoms with E-state index < -0.39 is 11.7 Å². The summed E-state index contributed by atoms with van der Waals surface area (Å²) in [5.41, 5.74) is 2.33. The summed E-state index contributed by atoms with van der Waals surface area (Å²) in [6.07, 6.45) is -3.28. The lowest BCUT2D eigenvalue weighted by molar-refractivity contribution is -0.138. The van der Waals surface area contributed by atoms with Gasteiger partial charge in [-0.25, -0.2) is 0 Å². The van der Waals surface area contributed by atoms with E-state index in [2.05, 4.69) is 5.43 Å². The molecule has 1 fully saturated rings. The molecule has 0 bridgehead atoms. The van der Waals surface area contributed by atoms with E-state index in [0.717, 1.165) is 12.5 Å². The molecule has 3 N–H and O–H groups in total. The van der Waals surface area contributed by atoms with E-state index in [-0.39, 0.29) is 30.0 Å². The molecule has 3 atom stereocenters. The van der Waals surface area contributed by atoms with Gasteiger partial charge in [0.15, 0.2) is 0 Å². The molecule has 0 aromatic heterocycles. The first-order chi connectivity index (χ1) is 9.43. The fourth-order valence-electron chi connectivity index (χ4n) is 2.82. The van der Waals surface area contributed by atoms with Gasteiger partial charge in [-0.05, 0) is 31.4 Å². The monoisotopic (exact) mass is 288 g/mol. The number of halogens is 3. The van der Waals surface area contributed by atoms with Crippen LogP contribution in [0.5, 0.6) is 0 Å². The summed E-state index contributed by atoms with van der Waals surface area (Å²) < 4.78 is 44.4. The van der Waals surface area contributed by atoms with Crippen molar-refractivity contribution in [3.63, 3.8) is 0 Å². The van der Waals surface area contributed by atoms with Gasteiger partial charge < -0.3 is 4.74 Å². The standard InChI is InChI=1S/C14H19F3N2O/c1-9-11(6-7-20-9)13(19-18)8-10-4-2-3-5-12(10)14(15,16)17/h2-5,9,11,13,19H,6-8,18H2,1H3. The minimum absolute atomic E-state index is 0.00842. The minimum Gasteiger partial charge on any atom is -0.378 e. The van der Waals surface area contributed by atoms with Gasteiger partial charge in [-0.15, -0.1) is 0 Å². The summed E-state index contributed by atoms with van der Waals surface area (Å²) in [5, 5.41) is 0. The summed E-state index contributed by atoms with van der Waals surface area (Å²) in [4.78, 5) is 0. The van der Waals surface area contributed by atoms with Crippen LogP contribution < -0.4 is 11.3 Å². The molecule has 1 aliphatic heterocycles. The number of ether oxygens (including phenoxy) is 1. The molecule has 0 radical (unpaired) electrons. The van der Waals surface area contributed by atoms with Gasteiger partial charge in [0.1, 0.15) is 0 Å². The van der Waals surface area contributed by atoms with E-state index in [1.165, 1.54) is 12.1 Å². The van der Waals surface area contributed by atoms with Crippen LogP contribution in [-0.2, 0) is 17.3 Å². The number of hydrogen-bond acceptors (Lipinski definition) is 3. The molecule has 1 aromatic rings. The van der Waals surface area contributed by atoms with E-state index in [1.54, 1.807) is 6.07 Å². The van der Waals surface area contributed by atoms with Crippen LogP contribution in [0.15, 0.2) is 24.3 Å². The number of rotatable bonds is 4. The van der Waals surface area contributed by atoms with Crippen LogP contribution in [0, 0.1) is 5.92 Å². The molecule has 1 saturated heterocycles. The molecule has 6 heteroatoms. The second-order valence-corrected chi connectivity index (χ2v) is 5.16. The Morgan fingerprint density at radius 3 is 2.65 bits per heavy atom. The Morgan fingerprint density at radius 1 is 1.40 bits per heavy atom. The van der Waals surface area contributed by atoms with Gasteiger partial charge in [-0.3, -0.25) is 11.3 Å². The maximum atomic E-state index is 13.0. The zero-order valence-corrected chi connectivity index (χ0v) is 11.3. The van der Waals surface area contributed by atoms with Crippen molar-refractivity contribution in [2.45, 2.75) is 38.1 Å². The van der Waals surface area contributed by atoms with Crippen molar-refractivity contribution < 1.29 is 17.9 Å². The average Bonchev–Trinajstić information content (AvgIpc) is 2.81. The van der Waals surface area contributed by atoms with E-state index >= 15 is 0 Å². The first-order valence-corrected chi connectivity index (χ1v) is 6.66. The summed E-state index contributed by atoms with van der Waals surface area (Å²) >= 11 is 0. The molecule has 20 heavy (non-hydrogen) atoms. The van der Waals surface area contributed by atoms with E-state index in [0.29, 0.717) is 6.61 Å². The minimum atomic E-state index is -4.34. The van der Waals surface area contributed by atoms with Crippen molar-refractivity contribution in [1.29, 1.82) is 0 Å². The SMILES string of the molecule is CC1OCCC1C(Cc1ccccc1C(F)(F)F)NN. The van der Waals surface area contributed by atoms with Crippen molar-refractivity contribution >= 4 is 0 Å². The van der Waals surface area contributed by atoms with Gasteiger partial charge in [0, 0.05) is 18.6 Å². The highest BCUT2D eigenvalue weighted by Crippen LogP contribution is 2.34. The number of alkyl halides is 3. The molecule has 1 aliphatic rings. The third kappa shape index (κ3) is 3.31. The molecule has 1 aromatic carbocycles. The van der Waals surface area contributed by atoms with Crippen LogP contribution in [0.25, 0.3) is 0 Å². The molecule has 0 aliphatic carbocycles. The zero-order valence-electron chi connectivity index (χ0n) is 11.3. The fraction of sp³-hybridized carbons (Fsp3) is 0.571. The van der Waals surface area contributed by atoms with Crippen LogP contribution >= 0.6 is 0 Å². The Balaban J connectivity index is 2.20. The maximum Gasteiger partial charge on any atom is 0.416 e.